The highest BCUT2D eigenvalue weighted by Crippen LogP contribution is 2.38. The quantitative estimate of drug-likeness (QED) is 0.475. The number of aryl methyl sites for hydroxylation is 1. The molecule has 2 heterocycles. The summed E-state index contributed by atoms with van der Waals surface area (Å²) in [6.07, 6.45) is 0.625. The third kappa shape index (κ3) is 3.97. The maximum absolute atomic E-state index is 14.1. The topological polar surface area (TPSA) is 81.3 Å². The molecule has 1 aromatic heterocycles. The molecule has 0 radical (unpaired) electrons. The van der Waals surface area contributed by atoms with E-state index in [4.69, 9.17) is 20.9 Å². The zero-order valence-electron chi connectivity index (χ0n) is 19.8. The van der Waals surface area contributed by atoms with E-state index in [-0.39, 0.29) is 21.7 Å². The van der Waals surface area contributed by atoms with Crippen molar-refractivity contribution in [2.45, 2.75) is 57.1 Å². The van der Waals surface area contributed by atoms with Crippen molar-refractivity contribution in [3.63, 3.8) is 0 Å². The monoisotopic (exact) mass is 496 g/mol. The Morgan fingerprint density at radius 1 is 1.03 bits per heavy atom. The number of nitriles is 1. The van der Waals surface area contributed by atoms with Gasteiger partial charge in [-0.05, 0) is 70.0 Å². The second-order valence-electron chi connectivity index (χ2n) is 9.27. The summed E-state index contributed by atoms with van der Waals surface area (Å²) in [4.78, 5) is 0.0918. The van der Waals surface area contributed by atoms with Crippen LogP contribution in [0.5, 0.6) is 0 Å². The smallest absolute Gasteiger partial charge is 0.398 e. The summed E-state index contributed by atoms with van der Waals surface area (Å²) < 4.78 is 41.7. The Kier molecular flexibility index (Phi) is 6.20. The van der Waals surface area contributed by atoms with Gasteiger partial charge in [0.15, 0.2) is 0 Å². The first-order valence-electron chi connectivity index (χ1n) is 11.0. The molecule has 0 saturated carbocycles. The highest BCUT2D eigenvalue weighted by Gasteiger charge is 2.53. The van der Waals surface area contributed by atoms with Crippen molar-refractivity contribution in [1.29, 1.82) is 5.26 Å². The van der Waals surface area contributed by atoms with Gasteiger partial charge in [-0.25, -0.2) is 12.4 Å². The molecule has 1 saturated heterocycles. The minimum absolute atomic E-state index is 0.0918. The molecule has 34 heavy (non-hydrogen) atoms. The van der Waals surface area contributed by atoms with Gasteiger partial charge in [0.25, 0.3) is 10.0 Å². The SMILES string of the molecule is CCc1ccc(Cl)cc1-c1c(C#N)cc(B2OC(C)(C)C(C)(C)O2)n1S(=O)(=O)c1ccccc1. The minimum atomic E-state index is -4.13. The van der Waals surface area contributed by atoms with Crippen LogP contribution in [0.25, 0.3) is 11.3 Å². The zero-order chi connectivity index (χ0) is 24.9. The predicted molar refractivity (Wildman–Crippen MR) is 134 cm³/mol. The number of benzene rings is 2. The zero-order valence-corrected chi connectivity index (χ0v) is 21.4. The van der Waals surface area contributed by atoms with E-state index in [2.05, 4.69) is 6.07 Å². The summed E-state index contributed by atoms with van der Waals surface area (Å²) in [6.45, 7) is 9.54. The molecule has 1 aliphatic heterocycles. The van der Waals surface area contributed by atoms with Gasteiger partial charge in [0.1, 0.15) is 6.07 Å². The van der Waals surface area contributed by atoms with E-state index in [1.165, 1.54) is 22.2 Å². The molecule has 0 unspecified atom stereocenters. The third-order valence-electron chi connectivity index (χ3n) is 6.59. The lowest BCUT2D eigenvalue weighted by molar-refractivity contribution is 0.00578. The average Bonchev–Trinajstić information content (AvgIpc) is 3.28. The number of hydrogen-bond acceptors (Lipinski definition) is 5. The van der Waals surface area contributed by atoms with E-state index in [9.17, 15) is 13.7 Å². The lowest BCUT2D eigenvalue weighted by Gasteiger charge is -2.32. The maximum Gasteiger partial charge on any atom is 0.513 e. The van der Waals surface area contributed by atoms with E-state index in [1.807, 2.05) is 40.7 Å². The Labute approximate surface area is 206 Å². The van der Waals surface area contributed by atoms with Gasteiger partial charge in [-0.15, -0.1) is 0 Å². The Bertz CT molecular complexity index is 1380. The summed E-state index contributed by atoms with van der Waals surface area (Å²) in [5, 5.41) is 10.5. The molecule has 176 valence electrons. The summed E-state index contributed by atoms with van der Waals surface area (Å²) >= 11 is 6.32. The first-order valence-corrected chi connectivity index (χ1v) is 12.9. The molecule has 3 aromatic rings. The molecule has 4 rings (SSSR count). The first kappa shape index (κ1) is 24.6. The molecular weight excluding hydrogens is 471 g/mol. The van der Waals surface area contributed by atoms with Crippen molar-refractivity contribution < 1.29 is 17.7 Å². The summed E-state index contributed by atoms with van der Waals surface area (Å²) in [7, 11) is -5.12. The maximum atomic E-state index is 14.1. The van der Waals surface area contributed by atoms with Gasteiger partial charge >= 0.3 is 7.12 Å². The molecule has 1 aliphatic rings. The molecule has 0 atom stereocenters. The van der Waals surface area contributed by atoms with Gasteiger partial charge in [0.05, 0.1) is 32.9 Å². The van der Waals surface area contributed by atoms with Crippen LogP contribution >= 0.6 is 11.6 Å². The van der Waals surface area contributed by atoms with Crippen LogP contribution < -0.4 is 5.59 Å². The van der Waals surface area contributed by atoms with Crippen LogP contribution in [0.15, 0.2) is 59.5 Å². The van der Waals surface area contributed by atoms with E-state index < -0.39 is 28.3 Å². The fourth-order valence-electron chi connectivity index (χ4n) is 4.01. The highest BCUT2D eigenvalue weighted by atomic mass is 35.5. The second kappa shape index (κ2) is 8.58. The van der Waals surface area contributed by atoms with E-state index in [0.29, 0.717) is 17.0 Å². The van der Waals surface area contributed by atoms with Crippen molar-refractivity contribution in [1.82, 2.24) is 3.97 Å². The number of aromatic nitrogens is 1. The van der Waals surface area contributed by atoms with E-state index in [0.717, 1.165) is 5.56 Å². The number of hydrogen-bond donors (Lipinski definition) is 0. The van der Waals surface area contributed by atoms with Gasteiger partial charge in [0.2, 0.25) is 0 Å². The first-order chi connectivity index (χ1) is 15.9. The Morgan fingerprint density at radius 2 is 1.65 bits per heavy atom. The summed E-state index contributed by atoms with van der Waals surface area (Å²) in [6, 6.07) is 17.1. The largest absolute Gasteiger partial charge is 0.513 e. The van der Waals surface area contributed by atoms with Crippen LogP contribution in [-0.2, 0) is 25.8 Å². The Morgan fingerprint density at radius 3 is 2.21 bits per heavy atom. The third-order valence-corrected chi connectivity index (χ3v) is 8.57. The minimum Gasteiger partial charge on any atom is -0.398 e. The fraction of sp³-hybridized carbons (Fsp3) is 0.320. The van der Waals surface area contributed by atoms with Crippen LogP contribution in [0.1, 0.15) is 45.7 Å². The van der Waals surface area contributed by atoms with Crippen LogP contribution in [0.4, 0.5) is 0 Å². The van der Waals surface area contributed by atoms with Gasteiger partial charge in [-0.1, -0.05) is 42.8 Å². The van der Waals surface area contributed by atoms with Gasteiger partial charge in [0, 0.05) is 10.6 Å². The van der Waals surface area contributed by atoms with Crippen molar-refractivity contribution in [3.8, 4) is 17.3 Å². The molecular formula is C25H26BClN2O4S. The highest BCUT2D eigenvalue weighted by molar-refractivity contribution is 7.90. The van der Waals surface area contributed by atoms with Gasteiger partial charge < -0.3 is 9.31 Å². The van der Waals surface area contributed by atoms with Crippen LogP contribution in [0.3, 0.4) is 0 Å². The molecule has 1 fully saturated rings. The number of nitrogens with zero attached hydrogens (tertiary/aromatic N) is 2. The van der Waals surface area contributed by atoms with Crippen molar-refractivity contribution >= 4 is 34.3 Å². The number of halogens is 1. The molecule has 0 N–H and O–H groups in total. The van der Waals surface area contributed by atoms with E-state index >= 15 is 0 Å². The Hall–Kier alpha value is -2.57. The standard InChI is InChI=1S/C25H26BClN2O4S/c1-6-17-12-13-19(27)15-21(17)23-18(16-28)14-22(26-32-24(2,3)25(4,5)33-26)29(23)34(30,31)20-10-8-7-9-11-20/h7-15H,6H2,1-5H3. The van der Waals surface area contributed by atoms with Gasteiger partial charge in [-0.3, -0.25) is 0 Å². The fourth-order valence-corrected chi connectivity index (χ4v) is 5.75. The van der Waals surface area contributed by atoms with Crippen LogP contribution in [0, 0.1) is 11.3 Å². The lowest BCUT2D eigenvalue weighted by atomic mass is 9.85. The molecule has 6 nitrogen and oxygen atoms in total. The number of rotatable bonds is 5. The second-order valence-corrected chi connectivity index (χ2v) is 11.5. The van der Waals surface area contributed by atoms with Crippen molar-refractivity contribution in [2.75, 3.05) is 0 Å². The average molecular weight is 497 g/mol. The van der Waals surface area contributed by atoms with Crippen LogP contribution in [0.2, 0.25) is 5.02 Å². The molecule has 0 bridgehead atoms. The molecule has 0 aliphatic carbocycles. The van der Waals surface area contributed by atoms with Gasteiger partial charge in [-0.2, -0.15) is 5.26 Å². The Balaban J connectivity index is 2.08. The molecule has 0 spiro atoms. The molecule has 2 aromatic carbocycles. The van der Waals surface area contributed by atoms with E-state index in [1.54, 1.807) is 30.3 Å². The predicted octanol–water partition coefficient (Wildman–Crippen LogP) is 4.78. The molecule has 0 amide bonds. The normalized spacial score (nSPS) is 17.0. The molecule has 9 heteroatoms. The summed E-state index contributed by atoms with van der Waals surface area (Å²) in [5.41, 5.74) is 0.729. The van der Waals surface area contributed by atoms with Crippen LogP contribution in [-0.4, -0.2) is 30.7 Å². The summed E-state index contributed by atoms with van der Waals surface area (Å²) in [5.74, 6) is 0. The van der Waals surface area contributed by atoms with Crippen molar-refractivity contribution in [2.24, 2.45) is 0 Å². The van der Waals surface area contributed by atoms with Crippen molar-refractivity contribution in [3.05, 3.63) is 70.7 Å². The lowest BCUT2D eigenvalue weighted by Crippen LogP contribution is -2.41.